The molecule has 0 aliphatic carbocycles. The average Bonchev–Trinajstić information content (AvgIpc) is 2.77. The van der Waals surface area contributed by atoms with Crippen LogP contribution in [0.2, 0.25) is 0 Å². The van der Waals surface area contributed by atoms with E-state index < -0.39 is 0 Å². The quantitative estimate of drug-likeness (QED) is 0.665. The highest BCUT2D eigenvalue weighted by atomic mass is 16.2. The van der Waals surface area contributed by atoms with Crippen molar-refractivity contribution < 1.29 is 0 Å². The standard InChI is InChI=1S/C9H16N4O/c1-11-8-10-13(9(11)14)7-6-12-4-2-3-5-12/h8H,2-7H2,1H3. The second-order valence-electron chi connectivity index (χ2n) is 3.80. The maximum absolute atomic E-state index is 11.4. The van der Waals surface area contributed by atoms with Crippen LogP contribution in [0.5, 0.6) is 0 Å². The lowest BCUT2D eigenvalue weighted by molar-refractivity contribution is 0.313. The third-order valence-corrected chi connectivity index (χ3v) is 2.71. The molecule has 1 aromatic heterocycles. The number of hydrogen-bond acceptors (Lipinski definition) is 3. The van der Waals surface area contributed by atoms with Crippen molar-refractivity contribution in [2.75, 3.05) is 19.6 Å². The summed E-state index contributed by atoms with van der Waals surface area (Å²) < 4.78 is 3.03. The summed E-state index contributed by atoms with van der Waals surface area (Å²) in [4.78, 5) is 13.8. The van der Waals surface area contributed by atoms with Crippen LogP contribution < -0.4 is 5.69 Å². The molecule has 0 N–H and O–H groups in total. The minimum Gasteiger partial charge on any atom is -0.301 e. The Morgan fingerprint density at radius 1 is 1.36 bits per heavy atom. The first-order valence-electron chi connectivity index (χ1n) is 5.08. The number of aryl methyl sites for hydroxylation is 1. The SMILES string of the molecule is Cn1cnn(CCN2CCCC2)c1=O. The Morgan fingerprint density at radius 2 is 2.07 bits per heavy atom. The Balaban J connectivity index is 1.91. The third-order valence-electron chi connectivity index (χ3n) is 2.71. The number of nitrogens with zero attached hydrogens (tertiary/aromatic N) is 4. The van der Waals surface area contributed by atoms with Crippen molar-refractivity contribution in [1.29, 1.82) is 0 Å². The van der Waals surface area contributed by atoms with Crippen molar-refractivity contribution in [3.63, 3.8) is 0 Å². The molecule has 78 valence electrons. The van der Waals surface area contributed by atoms with Crippen LogP contribution in [0.15, 0.2) is 11.1 Å². The van der Waals surface area contributed by atoms with Gasteiger partial charge in [-0.1, -0.05) is 0 Å². The highest BCUT2D eigenvalue weighted by molar-refractivity contribution is 4.69. The molecule has 1 aliphatic heterocycles. The maximum atomic E-state index is 11.4. The van der Waals surface area contributed by atoms with Gasteiger partial charge in [0.2, 0.25) is 0 Å². The molecule has 0 atom stereocenters. The second kappa shape index (κ2) is 3.96. The van der Waals surface area contributed by atoms with Crippen LogP contribution in [0.4, 0.5) is 0 Å². The van der Waals surface area contributed by atoms with Crippen LogP contribution in [-0.2, 0) is 13.6 Å². The second-order valence-corrected chi connectivity index (χ2v) is 3.80. The molecule has 1 aliphatic rings. The van der Waals surface area contributed by atoms with Crippen molar-refractivity contribution in [2.45, 2.75) is 19.4 Å². The summed E-state index contributed by atoms with van der Waals surface area (Å²) in [5.74, 6) is 0. The van der Waals surface area contributed by atoms with Crippen molar-refractivity contribution in [2.24, 2.45) is 7.05 Å². The highest BCUT2D eigenvalue weighted by Gasteiger charge is 2.11. The van der Waals surface area contributed by atoms with Crippen molar-refractivity contribution in [1.82, 2.24) is 19.2 Å². The summed E-state index contributed by atoms with van der Waals surface area (Å²) in [5, 5.41) is 4.02. The first-order chi connectivity index (χ1) is 6.77. The van der Waals surface area contributed by atoms with Gasteiger partial charge in [-0.25, -0.2) is 9.48 Å². The molecule has 0 bridgehead atoms. The lowest BCUT2D eigenvalue weighted by Crippen LogP contribution is -2.30. The van der Waals surface area contributed by atoms with Crippen LogP contribution in [0.25, 0.3) is 0 Å². The predicted octanol–water partition coefficient (Wildman–Crippen LogP) is -0.322. The van der Waals surface area contributed by atoms with Gasteiger partial charge < -0.3 is 4.90 Å². The molecule has 0 radical (unpaired) electrons. The summed E-state index contributed by atoms with van der Waals surface area (Å²) in [6, 6.07) is 0. The Bertz CT molecular complexity index is 348. The first-order valence-corrected chi connectivity index (χ1v) is 5.08. The Hall–Kier alpha value is -1.10. The number of aromatic nitrogens is 3. The van der Waals surface area contributed by atoms with Gasteiger partial charge in [0.15, 0.2) is 0 Å². The van der Waals surface area contributed by atoms with Crippen molar-refractivity contribution in [3.05, 3.63) is 16.8 Å². The van der Waals surface area contributed by atoms with Crippen LogP contribution in [0, 0.1) is 0 Å². The molecule has 2 rings (SSSR count). The number of rotatable bonds is 3. The third kappa shape index (κ3) is 1.87. The monoisotopic (exact) mass is 196 g/mol. The lowest BCUT2D eigenvalue weighted by Gasteiger charge is -2.13. The zero-order valence-electron chi connectivity index (χ0n) is 8.52. The predicted molar refractivity (Wildman–Crippen MR) is 53.1 cm³/mol. The summed E-state index contributed by atoms with van der Waals surface area (Å²) in [6.07, 6.45) is 4.14. The first kappa shape index (κ1) is 9.45. The molecule has 2 heterocycles. The van der Waals surface area contributed by atoms with Crippen molar-refractivity contribution in [3.8, 4) is 0 Å². The van der Waals surface area contributed by atoms with Gasteiger partial charge in [0, 0.05) is 13.6 Å². The Labute approximate surface area is 82.9 Å². The summed E-state index contributed by atoms with van der Waals surface area (Å²) in [5.41, 5.74) is -0.0239. The van der Waals surface area contributed by atoms with Crippen LogP contribution >= 0.6 is 0 Å². The zero-order chi connectivity index (χ0) is 9.97. The number of hydrogen-bond donors (Lipinski definition) is 0. The van der Waals surface area contributed by atoms with Crippen LogP contribution in [0.1, 0.15) is 12.8 Å². The van der Waals surface area contributed by atoms with Crippen molar-refractivity contribution >= 4 is 0 Å². The van der Waals surface area contributed by atoms with Gasteiger partial charge >= 0.3 is 5.69 Å². The van der Waals surface area contributed by atoms with Gasteiger partial charge in [-0.05, 0) is 25.9 Å². The van der Waals surface area contributed by atoms with E-state index in [9.17, 15) is 4.79 Å². The molecule has 5 heteroatoms. The molecule has 14 heavy (non-hydrogen) atoms. The van der Waals surface area contributed by atoms with E-state index in [1.165, 1.54) is 35.2 Å². The summed E-state index contributed by atoms with van der Waals surface area (Å²) in [6.45, 7) is 3.99. The number of likely N-dealkylation sites (tertiary alicyclic amines) is 1. The molecular formula is C9H16N4O. The van der Waals surface area contributed by atoms with Gasteiger partial charge in [-0.2, -0.15) is 5.10 Å². The van der Waals surface area contributed by atoms with E-state index in [0.717, 1.165) is 6.54 Å². The van der Waals surface area contributed by atoms with E-state index in [0.29, 0.717) is 6.54 Å². The molecule has 0 unspecified atom stereocenters. The largest absolute Gasteiger partial charge is 0.345 e. The molecule has 1 aromatic rings. The fraction of sp³-hybridized carbons (Fsp3) is 0.778. The van der Waals surface area contributed by atoms with Crippen LogP contribution in [-0.4, -0.2) is 38.9 Å². The van der Waals surface area contributed by atoms with Gasteiger partial charge in [0.25, 0.3) is 0 Å². The van der Waals surface area contributed by atoms with Gasteiger partial charge in [-0.3, -0.25) is 4.57 Å². The van der Waals surface area contributed by atoms with E-state index in [4.69, 9.17) is 0 Å². The zero-order valence-corrected chi connectivity index (χ0v) is 8.52. The molecule has 1 fully saturated rings. The molecular weight excluding hydrogens is 180 g/mol. The highest BCUT2D eigenvalue weighted by Crippen LogP contribution is 2.06. The summed E-state index contributed by atoms with van der Waals surface area (Å²) in [7, 11) is 1.72. The normalized spacial score (nSPS) is 17.8. The maximum Gasteiger partial charge on any atom is 0.345 e. The lowest BCUT2D eigenvalue weighted by atomic mass is 10.4. The Morgan fingerprint density at radius 3 is 2.64 bits per heavy atom. The fourth-order valence-corrected chi connectivity index (χ4v) is 1.82. The van der Waals surface area contributed by atoms with Crippen LogP contribution in [0.3, 0.4) is 0 Å². The smallest absolute Gasteiger partial charge is 0.301 e. The van der Waals surface area contributed by atoms with E-state index in [-0.39, 0.29) is 5.69 Å². The molecule has 5 nitrogen and oxygen atoms in total. The molecule has 0 saturated carbocycles. The molecule has 1 saturated heterocycles. The van der Waals surface area contributed by atoms with Gasteiger partial charge in [0.1, 0.15) is 6.33 Å². The topological polar surface area (TPSA) is 43.1 Å². The van der Waals surface area contributed by atoms with E-state index in [1.54, 1.807) is 13.4 Å². The van der Waals surface area contributed by atoms with E-state index in [1.807, 2.05) is 0 Å². The van der Waals surface area contributed by atoms with E-state index >= 15 is 0 Å². The summed E-state index contributed by atoms with van der Waals surface area (Å²) >= 11 is 0. The minimum atomic E-state index is -0.0239. The molecule has 0 amide bonds. The van der Waals surface area contributed by atoms with E-state index in [2.05, 4.69) is 10.00 Å². The van der Waals surface area contributed by atoms with Gasteiger partial charge in [-0.15, -0.1) is 0 Å². The molecule has 0 aromatic carbocycles. The average molecular weight is 196 g/mol. The Kier molecular flexibility index (Phi) is 2.67. The fourth-order valence-electron chi connectivity index (χ4n) is 1.82. The minimum absolute atomic E-state index is 0.0239. The molecule has 0 spiro atoms. The van der Waals surface area contributed by atoms with Gasteiger partial charge in [0.05, 0.1) is 6.54 Å².